The molecule has 0 aliphatic carbocycles. The molecular weight excluding hydrogens is 456 g/mol. The highest BCUT2D eigenvalue weighted by Crippen LogP contribution is 2.32. The van der Waals surface area contributed by atoms with Crippen molar-refractivity contribution in [2.24, 2.45) is 0 Å². The van der Waals surface area contributed by atoms with E-state index < -0.39 is 16.1 Å². The molecule has 4 N–H and O–H groups in total. The summed E-state index contributed by atoms with van der Waals surface area (Å²) in [6.07, 6.45) is 0.715. The number of sulfonamides is 1. The van der Waals surface area contributed by atoms with Gasteiger partial charge in [0.25, 0.3) is 0 Å². The number of benzene rings is 3. The Bertz CT molecular complexity index is 1200. The maximum atomic E-state index is 11.6. The topological polar surface area (TPSA) is 117 Å². The lowest BCUT2D eigenvalue weighted by Crippen LogP contribution is -2.28. The minimum absolute atomic E-state index is 0.0137. The minimum atomic E-state index is -3.58. The lowest BCUT2D eigenvalue weighted by molar-refractivity contribution is 0.169. The van der Waals surface area contributed by atoms with Crippen molar-refractivity contribution in [3.05, 3.63) is 83.4 Å². The number of phenols is 1. The first-order chi connectivity index (χ1) is 16.2. The average molecular weight is 487 g/mol. The number of nitrogens with one attached hydrogen (secondary N) is 2. The number of ether oxygens (including phenoxy) is 2. The first kappa shape index (κ1) is 25.4. The Hall–Kier alpha value is -3.27. The zero-order valence-electron chi connectivity index (χ0n) is 19.4. The summed E-state index contributed by atoms with van der Waals surface area (Å²) >= 11 is 0. The van der Waals surface area contributed by atoms with Crippen LogP contribution in [0.1, 0.15) is 28.8 Å². The van der Waals surface area contributed by atoms with Crippen LogP contribution in [0.15, 0.2) is 66.7 Å². The van der Waals surface area contributed by atoms with E-state index >= 15 is 0 Å². The average Bonchev–Trinajstić information content (AvgIpc) is 2.82. The number of methoxy groups -OCH3 is 2. The molecule has 0 aliphatic heterocycles. The molecule has 34 heavy (non-hydrogen) atoms. The predicted molar refractivity (Wildman–Crippen MR) is 132 cm³/mol. The van der Waals surface area contributed by atoms with E-state index in [0.29, 0.717) is 23.5 Å². The summed E-state index contributed by atoms with van der Waals surface area (Å²) < 4.78 is 36.2. The van der Waals surface area contributed by atoms with Crippen LogP contribution in [-0.2, 0) is 16.4 Å². The molecule has 2 atom stereocenters. The molecule has 0 spiro atoms. The zero-order chi connectivity index (χ0) is 24.7. The molecule has 0 saturated heterocycles. The third-order valence-corrected chi connectivity index (χ3v) is 5.94. The van der Waals surface area contributed by atoms with Gasteiger partial charge in [-0.05, 0) is 47.4 Å². The van der Waals surface area contributed by atoms with Crippen LogP contribution in [0.25, 0.3) is 0 Å². The van der Waals surface area contributed by atoms with Gasteiger partial charge in [0.2, 0.25) is 10.0 Å². The molecule has 182 valence electrons. The Balaban J connectivity index is 1.82. The molecule has 0 radical (unpaired) electrons. The van der Waals surface area contributed by atoms with E-state index in [1.807, 2.05) is 48.5 Å². The standard InChI is InChI=1S/C25H30N2O6S/c1-32-24-12-10-18(15-25(24)33-2)20(13-17-7-5-4-6-8-17)26-16-23(29)19-9-11-22(28)21(14-19)27-34(3,30)31/h4-12,14-15,20,23,26-29H,13,16H2,1-3H3/t20-,23?/m0/s1. The Kier molecular flexibility index (Phi) is 8.38. The molecule has 0 bridgehead atoms. The van der Waals surface area contributed by atoms with E-state index in [1.165, 1.54) is 12.1 Å². The van der Waals surface area contributed by atoms with Gasteiger partial charge >= 0.3 is 0 Å². The van der Waals surface area contributed by atoms with Crippen molar-refractivity contribution in [3.8, 4) is 17.2 Å². The molecule has 8 nitrogen and oxygen atoms in total. The van der Waals surface area contributed by atoms with Crippen LogP contribution < -0.4 is 19.5 Å². The lowest BCUT2D eigenvalue weighted by atomic mass is 9.97. The Morgan fingerprint density at radius 1 is 0.912 bits per heavy atom. The number of phenolic OH excluding ortho intramolecular Hbond substituents is 1. The fourth-order valence-corrected chi connectivity index (χ4v) is 4.20. The molecule has 0 saturated carbocycles. The van der Waals surface area contributed by atoms with Crippen LogP contribution in [0, 0.1) is 0 Å². The van der Waals surface area contributed by atoms with Crippen LogP contribution in [0.5, 0.6) is 17.2 Å². The summed E-state index contributed by atoms with van der Waals surface area (Å²) in [5.41, 5.74) is 2.55. The van der Waals surface area contributed by atoms with Gasteiger partial charge in [0.15, 0.2) is 11.5 Å². The smallest absolute Gasteiger partial charge is 0.229 e. The third-order valence-electron chi connectivity index (χ3n) is 5.35. The van der Waals surface area contributed by atoms with Crippen LogP contribution >= 0.6 is 0 Å². The van der Waals surface area contributed by atoms with Gasteiger partial charge in [0.05, 0.1) is 32.3 Å². The van der Waals surface area contributed by atoms with Crippen LogP contribution in [0.2, 0.25) is 0 Å². The molecule has 3 aromatic carbocycles. The summed E-state index contributed by atoms with van der Waals surface area (Å²) in [7, 11) is -0.417. The monoisotopic (exact) mass is 486 g/mol. The predicted octanol–water partition coefficient (Wildman–Crippen LogP) is 3.39. The number of aliphatic hydroxyl groups excluding tert-OH is 1. The summed E-state index contributed by atoms with van der Waals surface area (Å²) in [6.45, 7) is 0.189. The highest BCUT2D eigenvalue weighted by Gasteiger charge is 2.18. The molecule has 0 heterocycles. The third kappa shape index (κ3) is 6.86. The van der Waals surface area contributed by atoms with Gasteiger partial charge in [-0.1, -0.05) is 42.5 Å². The second-order valence-electron chi connectivity index (χ2n) is 7.93. The van der Waals surface area contributed by atoms with Crippen molar-refractivity contribution >= 4 is 15.7 Å². The molecule has 3 rings (SSSR count). The Morgan fingerprint density at radius 3 is 2.24 bits per heavy atom. The molecule has 1 unspecified atom stereocenters. The molecule has 0 amide bonds. The highest BCUT2D eigenvalue weighted by atomic mass is 32.2. The largest absolute Gasteiger partial charge is 0.506 e. The maximum Gasteiger partial charge on any atom is 0.229 e. The van der Waals surface area contributed by atoms with E-state index in [0.717, 1.165) is 17.4 Å². The van der Waals surface area contributed by atoms with Crippen molar-refractivity contribution in [1.29, 1.82) is 0 Å². The van der Waals surface area contributed by atoms with Crippen LogP contribution in [0.4, 0.5) is 5.69 Å². The summed E-state index contributed by atoms with van der Waals surface area (Å²) in [4.78, 5) is 0. The van der Waals surface area contributed by atoms with Crippen molar-refractivity contribution in [1.82, 2.24) is 5.32 Å². The number of anilines is 1. The fraction of sp³-hybridized carbons (Fsp3) is 0.280. The van der Waals surface area contributed by atoms with Gasteiger partial charge in [-0.15, -0.1) is 0 Å². The number of aliphatic hydroxyl groups is 1. The van der Waals surface area contributed by atoms with Gasteiger partial charge < -0.3 is 25.0 Å². The molecule has 0 aliphatic rings. The van der Waals surface area contributed by atoms with Gasteiger partial charge in [0.1, 0.15) is 5.75 Å². The first-order valence-corrected chi connectivity index (χ1v) is 12.6. The number of rotatable bonds is 11. The van der Waals surface area contributed by atoms with Gasteiger partial charge in [-0.2, -0.15) is 0 Å². The molecule has 9 heteroatoms. The lowest BCUT2D eigenvalue weighted by Gasteiger charge is -2.23. The van der Waals surface area contributed by atoms with E-state index in [1.54, 1.807) is 20.3 Å². The van der Waals surface area contributed by atoms with Crippen molar-refractivity contribution in [2.75, 3.05) is 31.7 Å². The van der Waals surface area contributed by atoms with E-state index in [9.17, 15) is 18.6 Å². The highest BCUT2D eigenvalue weighted by molar-refractivity contribution is 7.92. The maximum absolute atomic E-state index is 11.6. The second kappa shape index (κ2) is 11.2. The number of aromatic hydroxyl groups is 1. The molecule has 0 aromatic heterocycles. The minimum Gasteiger partial charge on any atom is -0.506 e. The summed E-state index contributed by atoms with van der Waals surface area (Å²) in [5, 5.41) is 24.2. The van der Waals surface area contributed by atoms with Crippen LogP contribution in [-0.4, -0.2) is 45.7 Å². The van der Waals surface area contributed by atoms with Gasteiger partial charge in [0, 0.05) is 12.6 Å². The normalized spacial score (nSPS) is 13.2. The Labute approximate surface area is 200 Å². The van der Waals surface area contributed by atoms with E-state index in [4.69, 9.17) is 9.47 Å². The zero-order valence-corrected chi connectivity index (χ0v) is 20.2. The second-order valence-corrected chi connectivity index (χ2v) is 9.68. The summed E-state index contributed by atoms with van der Waals surface area (Å²) in [6, 6.07) is 19.8. The van der Waals surface area contributed by atoms with Gasteiger partial charge in [-0.25, -0.2) is 8.42 Å². The van der Waals surface area contributed by atoms with Crippen LogP contribution in [0.3, 0.4) is 0 Å². The number of hydrogen-bond donors (Lipinski definition) is 4. The SMILES string of the molecule is COc1ccc([C@H](Cc2ccccc2)NCC(O)c2ccc(O)c(NS(C)(=O)=O)c2)cc1OC. The molecular formula is C25H30N2O6S. The van der Waals surface area contributed by atoms with E-state index in [-0.39, 0.29) is 24.0 Å². The molecule has 0 fully saturated rings. The van der Waals surface area contributed by atoms with Crippen molar-refractivity contribution < 1.29 is 28.1 Å². The molecule has 3 aromatic rings. The van der Waals surface area contributed by atoms with Crippen molar-refractivity contribution in [2.45, 2.75) is 18.6 Å². The quantitative estimate of drug-likeness (QED) is 0.307. The van der Waals surface area contributed by atoms with E-state index in [2.05, 4.69) is 10.0 Å². The summed E-state index contributed by atoms with van der Waals surface area (Å²) in [5.74, 6) is 1.01. The van der Waals surface area contributed by atoms with Gasteiger partial charge in [-0.3, -0.25) is 4.72 Å². The van der Waals surface area contributed by atoms with Crippen molar-refractivity contribution in [3.63, 3.8) is 0 Å². The first-order valence-electron chi connectivity index (χ1n) is 10.7. The Morgan fingerprint density at radius 2 is 1.59 bits per heavy atom. The number of hydrogen-bond acceptors (Lipinski definition) is 7. The fourth-order valence-electron chi connectivity index (χ4n) is 3.64.